The number of carbonyl (C=O) groups is 1. The van der Waals surface area contributed by atoms with E-state index < -0.39 is 0 Å². The molecular formula is C17H22N4O3. The minimum absolute atomic E-state index is 0.0869. The number of aliphatic hydroxyl groups excluding tert-OH is 1. The summed E-state index contributed by atoms with van der Waals surface area (Å²) in [5, 5.41) is 17.1. The van der Waals surface area contributed by atoms with E-state index in [2.05, 4.69) is 10.3 Å². The van der Waals surface area contributed by atoms with Crippen LogP contribution in [-0.2, 0) is 17.9 Å². The Kier molecular flexibility index (Phi) is 5.43. The van der Waals surface area contributed by atoms with E-state index in [1.807, 2.05) is 36.5 Å². The minimum Gasteiger partial charge on any atom is -0.445 e. The molecule has 24 heavy (non-hydrogen) atoms. The molecule has 0 spiro atoms. The van der Waals surface area contributed by atoms with E-state index >= 15 is 0 Å². The smallest absolute Gasteiger partial charge is 0.410 e. The third kappa shape index (κ3) is 3.91. The van der Waals surface area contributed by atoms with Gasteiger partial charge in [0, 0.05) is 19.7 Å². The molecule has 1 aromatic carbocycles. The van der Waals surface area contributed by atoms with Crippen LogP contribution in [0.15, 0.2) is 36.5 Å². The van der Waals surface area contributed by atoms with Crippen LogP contribution in [0.4, 0.5) is 4.79 Å². The fraction of sp³-hybridized carbons (Fsp3) is 0.471. The first kappa shape index (κ1) is 16.4. The number of aromatic nitrogens is 3. The molecule has 1 atom stereocenters. The Hall–Kier alpha value is -2.41. The van der Waals surface area contributed by atoms with E-state index in [0.29, 0.717) is 19.5 Å². The zero-order valence-corrected chi connectivity index (χ0v) is 13.5. The summed E-state index contributed by atoms with van der Waals surface area (Å²) in [7, 11) is 0. The van der Waals surface area contributed by atoms with Gasteiger partial charge in [-0.25, -0.2) is 4.79 Å². The van der Waals surface area contributed by atoms with Gasteiger partial charge in [-0.15, -0.1) is 5.10 Å². The van der Waals surface area contributed by atoms with Crippen LogP contribution in [0, 0.1) is 0 Å². The topological polar surface area (TPSA) is 80.5 Å². The van der Waals surface area contributed by atoms with Crippen molar-refractivity contribution >= 4 is 6.09 Å². The van der Waals surface area contributed by atoms with Gasteiger partial charge in [-0.05, 0) is 24.8 Å². The van der Waals surface area contributed by atoms with Crippen molar-refractivity contribution in [1.29, 1.82) is 0 Å². The second-order valence-corrected chi connectivity index (χ2v) is 5.88. The van der Waals surface area contributed by atoms with E-state index in [9.17, 15) is 4.79 Å². The standard InChI is InChI=1S/C17H22N4O3/c22-11-5-9-20-12-15(18-19-20)16-8-4-10-21(16)17(23)24-13-14-6-2-1-3-7-14/h1-3,6-7,12,16,22H,4-5,8-11,13H2. The van der Waals surface area contributed by atoms with E-state index in [1.54, 1.807) is 9.58 Å². The van der Waals surface area contributed by atoms with Gasteiger partial charge in [0.05, 0.1) is 12.2 Å². The summed E-state index contributed by atoms with van der Waals surface area (Å²) in [6, 6.07) is 9.56. The molecule has 7 nitrogen and oxygen atoms in total. The SMILES string of the molecule is O=C(OCc1ccccc1)N1CCCC1c1cn(CCCO)nn1. The fourth-order valence-corrected chi connectivity index (χ4v) is 2.90. The van der Waals surface area contributed by atoms with Crippen molar-refractivity contribution < 1.29 is 14.6 Å². The largest absolute Gasteiger partial charge is 0.445 e. The number of amides is 1. The van der Waals surface area contributed by atoms with E-state index in [0.717, 1.165) is 24.1 Å². The number of hydrogen-bond acceptors (Lipinski definition) is 5. The van der Waals surface area contributed by atoms with Crippen LogP contribution in [-0.4, -0.2) is 44.2 Å². The number of benzene rings is 1. The number of carbonyl (C=O) groups excluding carboxylic acids is 1. The van der Waals surface area contributed by atoms with Crippen LogP contribution in [0.5, 0.6) is 0 Å². The third-order valence-electron chi connectivity index (χ3n) is 4.14. The van der Waals surface area contributed by atoms with Crippen molar-refractivity contribution in [2.24, 2.45) is 0 Å². The minimum atomic E-state index is -0.314. The summed E-state index contributed by atoms with van der Waals surface area (Å²) in [4.78, 5) is 14.1. The lowest BCUT2D eigenvalue weighted by Crippen LogP contribution is -2.31. The third-order valence-corrected chi connectivity index (χ3v) is 4.14. The van der Waals surface area contributed by atoms with Gasteiger partial charge in [0.25, 0.3) is 0 Å². The Morgan fingerprint density at radius 1 is 1.33 bits per heavy atom. The summed E-state index contributed by atoms with van der Waals surface area (Å²) >= 11 is 0. The highest BCUT2D eigenvalue weighted by atomic mass is 16.6. The molecule has 1 aliphatic heterocycles. The van der Waals surface area contributed by atoms with E-state index in [1.165, 1.54) is 0 Å². The van der Waals surface area contributed by atoms with Crippen molar-refractivity contribution in [1.82, 2.24) is 19.9 Å². The van der Waals surface area contributed by atoms with Gasteiger partial charge >= 0.3 is 6.09 Å². The van der Waals surface area contributed by atoms with Gasteiger partial charge in [0.2, 0.25) is 0 Å². The Morgan fingerprint density at radius 2 is 2.17 bits per heavy atom. The maximum absolute atomic E-state index is 12.4. The summed E-state index contributed by atoms with van der Waals surface area (Å²) in [5.74, 6) is 0. The van der Waals surface area contributed by atoms with Crippen molar-refractivity contribution in [2.45, 2.75) is 38.5 Å². The Balaban J connectivity index is 1.60. The molecule has 0 radical (unpaired) electrons. The lowest BCUT2D eigenvalue weighted by molar-refractivity contribution is 0.0915. The van der Waals surface area contributed by atoms with Gasteiger partial charge in [0.1, 0.15) is 12.3 Å². The first-order chi connectivity index (χ1) is 11.8. The van der Waals surface area contributed by atoms with Gasteiger partial charge in [0.15, 0.2) is 0 Å². The van der Waals surface area contributed by atoms with Gasteiger partial charge in [-0.3, -0.25) is 9.58 Å². The normalized spacial score (nSPS) is 17.2. The number of ether oxygens (including phenoxy) is 1. The van der Waals surface area contributed by atoms with Crippen LogP contribution in [0.2, 0.25) is 0 Å². The summed E-state index contributed by atoms with van der Waals surface area (Å²) in [6.45, 7) is 1.68. The molecule has 0 saturated carbocycles. The zero-order chi connectivity index (χ0) is 16.8. The molecule has 128 valence electrons. The monoisotopic (exact) mass is 330 g/mol. The second-order valence-electron chi connectivity index (χ2n) is 5.88. The number of aryl methyl sites for hydroxylation is 1. The quantitative estimate of drug-likeness (QED) is 0.877. The fourth-order valence-electron chi connectivity index (χ4n) is 2.90. The van der Waals surface area contributed by atoms with Crippen LogP contribution in [0.3, 0.4) is 0 Å². The molecule has 1 amide bonds. The van der Waals surface area contributed by atoms with Crippen molar-refractivity contribution in [2.75, 3.05) is 13.2 Å². The van der Waals surface area contributed by atoms with Crippen LogP contribution in [0.1, 0.15) is 36.6 Å². The van der Waals surface area contributed by atoms with Crippen molar-refractivity contribution in [3.05, 3.63) is 47.8 Å². The molecule has 1 unspecified atom stereocenters. The molecule has 1 N–H and O–H groups in total. The molecule has 3 rings (SSSR count). The molecule has 1 aromatic heterocycles. The van der Waals surface area contributed by atoms with Gasteiger partial charge < -0.3 is 9.84 Å². The maximum atomic E-state index is 12.4. The molecule has 1 saturated heterocycles. The van der Waals surface area contributed by atoms with Crippen LogP contribution >= 0.6 is 0 Å². The zero-order valence-electron chi connectivity index (χ0n) is 13.5. The highest BCUT2D eigenvalue weighted by Gasteiger charge is 2.33. The highest BCUT2D eigenvalue weighted by Crippen LogP contribution is 2.31. The highest BCUT2D eigenvalue weighted by molar-refractivity contribution is 5.68. The summed E-state index contributed by atoms with van der Waals surface area (Å²) in [5.41, 5.74) is 1.75. The molecule has 0 bridgehead atoms. The first-order valence-corrected chi connectivity index (χ1v) is 8.26. The van der Waals surface area contributed by atoms with Gasteiger partial charge in [-0.1, -0.05) is 35.5 Å². The average molecular weight is 330 g/mol. The molecule has 1 fully saturated rings. The number of nitrogens with zero attached hydrogens (tertiary/aromatic N) is 4. The number of aliphatic hydroxyl groups is 1. The van der Waals surface area contributed by atoms with E-state index in [-0.39, 0.29) is 25.3 Å². The second kappa shape index (κ2) is 7.92. The van der Waals surface area contributed by atoms with Crippen molar-refractivity contribution in [3.8, 4) is 0 Å². The Bertz CT molecular complexity index is 659. The predicted octanol–water partition coefficient (Wildman–Crippen LogP) is 2.13. The molecular weight excluding hydrogens is 308 g/mol. The first-order valence-electron chi connectivity index (χ1n) is 8.26. The molecule has 7 heteroatoms. The molecule has 2 heterocycles. The number of rotatable bonds is 6. The maximum Gasteiger partial charge on any atom is 0.410 e. The predicted molar refractivity (Wildman–Crippen MR) is 87.0 cm³/mol. The average Bonchev–Trinajstić information content (AvgIpc) is 3.27. The Labute approximate surface area is 140 Å². The number of hydrogen-bond donors (Lipinski definition) is 1. The van der Waals surface area contributed by atoms with Crippen molar-refractivity contribution in [3.63, 3.8) is 0 Å². The summed E-state index contributed by atoms with van der Waals surface area (Å²) < 4.78 is 7.14. The molecule has 2 aromatic rings. The lowest BCUT2D eigenvalue weighted by Gasteiger charge is -2.22. The number of likely N-dealkylation sites (tertiary alicyclic amines) is 1. The Morgan fingerprint density at radius 3 is 2.96 bits per heavy atom. The van der Waals surface area contributed by atoms with E-state index in [4.69, 9.17) is 9.84 Å². The van der Waals surface area contributed by atoms with Crippen LogP contribution < -0.4 is 0 Å². The molecule has 0 aliphatic carbocycles. The van der Waals surface area contributed by atoms with Crippen LogP contribution in [0.25, 0.3) is 0 Å². The lowest BCUT2D eigenvalue weighted by atomic mass is 10.2. The van der Waals surface area contributed by atoms with Gasteiger partial charge in [-0.2, -0.15) is 0 Å². The summed E-state index contributed by atoms with van der Waals surface area (Å²) in [6.07, 6.45) is 3.96. The molecule has 1 aliphatic rings.